The Morgan fingerprint density at radius 1 is 1.12 bits per heavy atom. The smallest absolute Gasteiger partial charge is 0.335 e. The topological polar surface area (TPSA) is 113 Å². The number of aromatic carboxylic acids is 1. The van der Waals surface area contributed by atoms with Gasteiger partial charge in [0, 0.05) is 6.92 Å². The van der Waals surface area contributed by atoms with Gasteiger partial charge >= 0.3 is 5.97 Å². The van der Waals surface area contributed by atoms with Crippen LogP contribution in [0.2, 0.25) is 0 Å². The van der Waals surface area contributed by atoms with E-state index in [-0.39, 0.29) is 21.8 Å². The lowest BCUT2D eigenvalue weighted by molar-refractivity contribution is -0.114. The number of nitrogens with one attached hydrogen (secondary N) is 2. The number of amides is 1. The molecule has 0 unspecified atom stereocenters. The molecule has 0 fully saturated rings. The highest BCUT2D eigenvalue weighted by atomic mass is 32.2. The number of rotatable bonds is 5. The van der Waals surface area contributed by atoms with Crippen molar-refractivity contribution in [3.05, 3.63) is 53.8 Å². The molecule has 0 radical (unpaired) electrons. The van der Waals surface area contributed by atoms with E-state index in [1.165, 1.54) is 31.2 Å². The van der Waals surface area contributed by atoms with Gasteiger partial charge in [0.25, 0.3) is 10.0 Å². The van der Waals surface area contributed by atoms with Crippen LogP contribution in [0.15, 0.2) is 47.4 Å². The van der Waals surface area contributed by atoms with E-state index in [0.29, 0.717) is 0 Å². The van der Waals surface area contributed by atoms with E-state index in [4.69, 9.17) is 5.11 Å². The number of halogens is 1. The maximum atomic E-state index is 13.6. The molecule has 0 aromatic heterocycles. The first-order valence-corrected chi connectivity index (χ1v) is 8.10. The van der Waals surface area contributed by atoms with Gasteiger partial charge in [0.1, 0.15) is 5.82 Å². The van der Waals surface area contributed by atoms with Crippen LogP contribution in [0.25, 0.3) is 0 Å². The molecule has 126 valence electrons. The largest absolute Gasteiger partial charge is 0.478 e. The van der Waals surface area contributed by atoms with Crippen LogP contribution < -0.4 is 10.0 Å². The van der Waals surface area contributed by atoms with E-state index in [1.54, 1.807) is 0 Å². The Hall–Kier alpha value is -2.94. The molecule has 7 nitrogen and oxygen atoms in total. The summed E-state index contributed by atoms with van der Waals surface area (Å²) in [6.45, 7) is 1.19. The Kier molecular flexibility index (Phi) is 4.84. The van der Waals surface area contributed by atoms with Crippen LogP contribution in [0.4, 0.5) is 15.8 Å². The summed E-state index contributed by atoms with van der Waals surface area (Å²) in [5.41, 5.74) is -0.348. The molecule has 0 aliphatic heterocycles. The van der Waals surface area contributed by atoms with Crippen LogP contribution in [0, 0.1) is 5.82 Å². The standard InChI is InChI=1S/C15H13FN2O5S/c1-9(19)17-14-8-11(5-6-13(14)16)18-24(22,23)12-4-2-3-10(7-12)15(20)21/h2-8,18H,1H3,(H,17,19)(H,20,21). The summed E-state index contributed by atoms with van der Waals surface area (Å²) in [7, 11) is -4.08. The van der Waals surface area contributed by atoms with Crippen molar-refractivity contribution < 1.29 is 27.5 Å². The van der Waals surface area contributed by atoms with Gasteiger partial charge in [-0.25, -0.2) is 17.6 Å². The summed E-state index contributed by atoms with van der Waals surface area (Å²) in [5.74, 6) is -2.49. The summed E-state index contributed by atoms with van der Waals surface area (Å²) in [6.07, 6.45) is 0. The first kappa shape index (κ1) is 17.4. The molecule has 0 saturated heterocycles. The van der Waals surface area contributed by atoms with Gasteiger partial charge in [-0.2, -0.15) is 0 Å². The predicted molar refractivity (Wildman–Crippen MR) is 84.9 cm³/mol. The van der Waals surface area contributed by atoms with Crippen LogP contribution >= 0.6 is 0 Å². The molecule has 1 amide bonds. The van der Waals surface area contributed by atoms with Crippen molar-refractivity contribution in [3.63, 3.8) is 0 Å². The van der Waals surface area contributed by atoms with Crippen LogP contribution in [-0.4, -0.2) is 25.4 Å². The average Bonchev–Trinajstić information content (AvgIpc) is 2.50. The van der Waals surface area contributed by atoms with E-state index in [1.807, 2.05) is 0 Å². The predicted octanol–water partition coefficient (Wildman–Crippen LogP) is 2.28. The molecule has 2 aromatic carbocycles. The summed E-state index contributed by atoms with van der Waals surface area (Å²) >= 11 is 0. The minimum Gasteiger partial charge on any atom is -0.478 e. The van der Waals surface area contributed by atoms with Crippen molar-refractivity contribution in [1.29, 1.82) is 0 Å². The Labute approximate surface area is 137 Å². The monoisotopic (exact) mass is 352 g/mol. The van der Waals surface area contributed by atoms with E-state index in [0.717, 1.165) is 18.2 Å². The molecular formula is C15H13FN2O5S. The van der Waals surface area contributed by atoms with Gasteiger partial charge in [0.15, 0.2) is 0 Å². The lowest BCUT2D eigenvalue weighted by Crippen LogP contribution is -2.14. The molecule has 3 N–H and O–H groups in total. The fourth-order valence-electron chi connectivity index (χ4n) is 1.88. The Morgan fingerprint density at radius 3 is 2.46 bits per heavy atom. The number of carbonyl (C=O) groups excluding carboxylic acids is 1. The number of hydrogen-bond donors (Lipinski definition) is 3. The zero-order valence-corrected chi connectivity index (χ0v) is 13.2. The fraction of sp³-hybridized carbons (Fsp3) is 0.0667. The zero-order chi connectivity index (χ0) is 17.9. The zero-order valence-electron chi connectivity index (χ0n) is 12.4. The van der Waals surface area contributed by atoms with Crippen LogP contribution in [0.5, 0.6) is 0 Å². The van der Waals surface area contributed by atoms with Gasteiger partial charge in [0.05, 0.1) is 21.8 Å². The molecule has 24 heavy (non-hydrogen) atoms. The van der Waals surface area contributed by atoms with Gasteiger partial charge in [-0.3, -0.25) is 9.52 Å². The minimum atomic E-state index is -4.08. The summed E-state index contributed by atoms with van der Waals surface area (Å²) in [6, 6.07) is 8.08. The third kappa shape index (κ3) is 4.07. The number of carboxylic acid groups (broad SMARTS) is 1. The molecule has 0 heterocycles. The molecule has 2 aromatic rings. The third-order valence-electron chi connectivity index (χ3n) is 2.92. The van der Waals surface area contributed by atoms with E-state index in [2.05, 4.69) is 10.0 Å². The van der Waals surface area contributed by atoms with Crippen molar-refractivity contribution >= 4 is 33.3 Å². The second-order valence-corrected chi connectivity index (χ2v) is 6.50. The van der Waals surface area contributed by atoms with Gasteiger partial charge < -0.3 is 10.4 Å². The maximum Gasteiger partial charge on any atom is 0.335 e. The van der Waals surface area contributed by atoms with E-state index in [9.17, 15) is 22.4 Å². The summed E-state index contributed by atoms with van der Waals surface area (Å²) in [5, 5.41) is 11.2. The fourth-order valence-corrected chi connectivity index (χ4v) is 2.98. The third-order valence-corrected chi connectivity index (χ3v) is 4.30. The Balaban J connectivity index is 2.34. The van der Waals surface area contributed by atoms with Crippen LogP contribution in [0.3, 0.4) is 0 Å². The van der Waals surface area contributed by atoms with E-state index < -0.39 is 27.7 Å². The van der Waals surface area contributed by atoms with Crippen molar-refractivity contribution in [3.8, 4) is 0 Å². The Morgan fingerprint density at radius 2 is 1.83 bits per heavy atom. The van der Waals surface area contributed by atoms with E-state index >= 15 is 0 Å². The molecule has 0 atom stereocenters. The van der Waals surface area contributed by atoms with Gasteiger partial charge in [-0.1, -0.05) is 6.07 Å². The van der Waals surface area contributed by atoms with Crippen molar-refractivity contribution in [2.24, 2.45) is 0 Å². The SMILES string of the molecule is CC(=O)Nc1cc(NS(=O)(=O)c2cccc(C(=O)O)c2)ccc1F. The highest BCUT2D eigenvalue weighted by molar-refractivity contribution is 7.92. The quantitative estimate of drug-likeness (QED) is 0.764. The molecule has 0 spiro atoms. The first-order chi connectivity index (χ1) is 11.2. The van der Waals surface area contributed by atoms with Gasteiger partial charge in [0.2, 0.25) is 5.91 Å². The van der Waals surface area contributed by atoms with Gasteiger partial charge in [-0.15, -0.1) is 0 Å². The molecule has 0 saturated carbocycles. The molecule has 0 aliphatic rings. The van der Waals surface area contributed by atoms with Crippen molar-refractivity contribution in [2.45, 2.75) is 11.8 Å². The first-order valence-electron chi connectivity index (χ1n) is 6.62. The Bertz CT molecular complexity index is 912. The lowest BCUT2D eigenvalue weighted by atomic mass is 10.2. The number of anilines is 2. The normalized spacial score (nSPS) is 10.9. The second kappa shape index (κ2) is 6.67. The van der Waals surface area contributed by atoms with Gasteiger partial charge in [-0.05, 0) is 36.4 Å². The number of sulfonamides is 1. The minimum absolute atomic E-state index is 0.0147. The number of carbonyl (C=O) groups is 2. The van der Waals surface area contributed by atoms with Crippen LogP contribution in [0.1, 0.15) is 17.3 Å². The number of hydrogen-bond acceptors (Lipinski definition) is 4. The maximum absolute atomic E-state index is 13.6. The molecule has 9 heteroatoms. The highest BCUT2D eigenvalue weighted by Crippen LogP contribution is 2.22. The van der Waals surface area contributed by atoms with Crippen molar-refractivity contribution in [2.75, 3.05) is 10.0 Å². The number of benzene rings is 2. The van der Waals surface area contributed by atoms with Crippen molar-refractivity contribution in [1.82, 2.24) is 0 Å². The molecule has 0 aliphatic carbocycles. The number of carboxylic acids is 1. The highest BCUT2D eigenvalue weighted by Gasteiger charge is 2.17. The lowest BCUT2D eigenvalue weighted by Gasteiger charge is -2.11. The summed E-state index contributed by atoms with van der Waals surface area (Å²) in [4.78, 5) is 21.7. The molecular weight excluding hydrogens is 339 g/mol. The molecule has 2 rings (SSSR count). The van der Waals surface area contributed by atoms with Crippen LogP contribution in [-0.2, 0) is 14.8 Å². The molecule has 0 bridgehead atoms. The second-order valence-electron chi connectivity index (χ2n) is 4.81. The average molecular weight is 352 g/mol. The summed E-state index contributed by atoms with van der Waals surface area (Å²) < 4.78 is 40.4.